The van der Waals surface area contributed by atoms with Crippen molar-refractivity contribution in [1.82, 2.24) is 5.32 Å². The predicted octanol–water partition coefficient (Wildman–Crippen LogP) is 2.46. The molecule has 0 amide bonds. The molecule has 0 bridgehead atoms. The summed E-state index contributed by atoms with van der Waals surface area (Å²) < 4.78 is 5.00. The summed E-state index contributed by atoms with van der Waals surface area (Å²) in [4.78, 5) is 0. The first-order valence-corrected chi connectivity index (χ1v) is 6.22. The highest BCUT2D eigenvalue weighted by Crippen LogP contribution is 2.04. The minimum absolute atomic E-state index is 0.348. The first-order chi connectivity index (χ1) is 7.86. The maximum Gasteiger partial charge on any atom is 0.0474 e. The number of hydrogen-bond acceptors (Lipinski definition) is 2. The maximum atomic E-state index is 5.94. The Morgan fingerprint density at radius 1 is 1.31 bits per heavy atom. The van der Waals surface area contributed by atoms with Crippen LogP contribution in [0, 0.1) is 0 Å². The molecule has 0 fully saturated rings. The molecule has 1 aromatic carbocycles. The number of benzene rings is 1. The van der Waals surface area contributed by atoms with E-state index in [4.69, 9.17) is 16.3 Å². The van der Waals surface area contributed by atoms with E-state index >= 15 is 0 Å². The van der Waals surface area contributed by atoms with Gasteiger partial charge in [-0.2, -0.15) is 0 Å². The number of methoxy groups -OCH3 is 1. The number of hydrogen-bond donors (Lipinski definition) is 1. The summed E-state index contributed by atoms with van der Waals surface area (Å²) in [5, 5.41) is 3.44. The van der Waals surface area contributed by atoms with Crippen molar-refractivity contribution in [2.45, 2.75) is 18.9 Å². The Morgan fingerprint density at radius 3 is 2.69 bits per heavy atom. The van der Waals surface area contributed by atoms with Gasteiger partial charge in [-0.3, -0.25) is 0 Å². The summed E-state index contributed by atoms with van der Waals surface area (Å²) in [5.74, 6) is 0.641. The molecule has 0 aliphatic carbocycles. The van der Waals surface area contributed by atoms with Gasteiger partial charge in [-0.15, -0.1) is 11.6 Å². The van der Waals surface area contributed by atoms with Crippen molar-refractivity contribution >= 4 is 11.6 Å². The number of alkyl halides is 1. The standard InChI is InChI=1S/C13H20ClNO/c1-16-9-5-8-15-13(11-14)10-12-6-3-2-4-7-12/h2-4,6-7,13,15H,5,8-11H2,1H3. The van der Waals surface area contributed by atoms with Crippen LogP contribution < -0.4 is 5.32 Å². The fraction of sp³-hybridized carbons (Fsp3) is 0.538. The summed E-state index contributed by atoms with van der Waals surface area (Å²) in [5.41, 5.74) is 1.33. The molecule has 16 heavy (non-hydrogen) atoms. The van der Waals surface area contributed by atoms with E-state index in [1.807, 2.05) is 6.07 Å². The minimum Gasteiger partial charge on any atom is -0.385 e. The van der Waals surface area contributed by atoms with Crippen LogP contribution in [0.4, 0.5) is 0 Å². The Morgan fingerprint density at radius 2 is 2.06 bits per heavy atom. The van der Waals surface area contributed by atoms with E-state index in [1.165, 1.54) is 5.56 Å². The van der Waals surface area contributed by atoms with Crippen LogP contribution in [0.1, 0.15) is 12.0 Å². The van der Waals surface area contributed by atoms with E-state index in [0.29, 0.717) is 11.9 Å². The van der Waals surface area contributed by atoms with Crippen molar-refractivity contribution in [3.8, 4) is 0 Å². The lowest BCUT2D eigenvalue weighted by Crippen LogP contribution is -2.33. The first-order valence-electron chi connectivity index (χ1n) is 5.69. The van der Waals surface area contributed by atoms with Crippen LogP contribution in [-0.4, -0.2) is 32.2 Å². The number of rotatable bonds is 8. The largest absolute Gasteiger partial charge is 0.385 e. The summed E-state index contributed by atoms with van der Waals surface area (Å²) in [7, 11) is 1.73. The summed E-state index contributed by atoms with van der Waals surface area (Å²) in [6, 6.07) is 10.8. The van der Waals surface area contributed by atoms with Crippen LogP contribution in [0.5, 0.6) is 0 Å². The molecule has 0 spiro atoms. The Bertz CT molecular complexity index is 266. The normalized spacial score (nSPS) is 12.6. The molecule has 0 aliphatic rings. The third kappa shape index (κ3) is 5.50. The van der Waals surface area contributed by atoms with Crippen molar-refractivity contribution in [3.05, 3.63) is 35.9 Å². The molecule has 0 radical (unpaired) electrons. The summed E-state index contributed by atoms with van der Waals surface area (Å²) in [6.07, 6.45) is 2.01. The smallest absolute Gasteiger partial charge is 0.0474 e. The van der Waals surface area contributed by atoms with E-state index in [0.717, 1.165) is 26.0 Å². The zero-order valence-corrected chi connectivity index (χ0v) is 10.5. The van der Waals surface area contributed by atoms with Gasteiger partial charge in [-0.25, -0.2) is 0 Å². The lowest BCUT2D eigenvalue weighted by molar-refractivity contribution is 0.193. The topological polar surface area (TPSA) is 21.3 Å². The monoisotopic (exact) mass is 241 g/mol. The molecule has 2 nitrogen and oxygen atoms in total. The van der Waals surface area contributed by atoms with E-state index in [2.05, 4.69) is 29.6 Å². The van der Waals surface area contributed by atoms with Gasteiger partial charge in [0.1, 0.15) is 0 Å². The molecule has 0 saturated heterocycles. The number of nitrogens with one attached hydrogen (secondary N) is 1. The molecule has 0 aromatic heterocycles. The Balaban J connectivity index is 2.26. The second-order valence-corrected chi connectivity index (χ2v) is 4.15. The van der Waals surface area contributed by atoms with Crippen LogP contribution >= 0.6 is 11.6 Å². The van der Waals surface area contributed by atoms with Crippen molar-refractivity contribution in [3.63, 3.8) is 0 Å². The Hall–Kier alpha value is -0.570. The molecule has 1 N–H and O–H groups in total. The van der Waals surface area contributed by atoms with E-state index in [-0.39, 0.29) is 0 Å². The molecule has 3 heteroatoms. The predicted molar refractivity (Wildman–Crippen MR) is 69.1 cm³/mol. The van der Waals surface area contributed by atoms with Gasteiger partial charge in [0.15, 0.2) is 0 Å². The molecule has 1 atom stereocenters. The third-order valence-corrected chi connectivity index (χ3v) is 2.84. The van der Waals surface area contributed by atoms with Crippen LogP contribution in [0.3, 0.4) is 0 Å². The molecule has 0 saturated carbocycles. The highest BCUT2D eigenvalue weighted by atomic mass is 35.5. The van der Waals surface area contributed by atoms with Crippen LogP contribution in [0.15, 0.2) is 30.3 Å². The molecule has 90 valence electrons. The molecular formula is C13H20ClNO. The van der Waals surface area contributed by atoms with Crippen molar-refractivity contribution in [1.29, 1.82) is 0 Å². The second kappa shape index (κ2) is 8.57. The number of ether oxygens (including phenoxy) is 1. The fourth-order valence-electron chi connectivity index (χ4n) is 1.60. The first kappa shape index (κ1) is 13.5. The zero-order valence-electron chi connectivity index (χ0n) is 9.79. The van der Waals surface area contributed by atoms with Crippen molar-refractivity contribution in [2.24, 2.45) is 0 Å². The highest BCUT2D eigenvalue weighted by Gasteiger charge is 2.06. The molecule has 1 aromatic rings. The highest BCUT2D eigenvalue weighted by molar-refractivity contribution is 6.18. The lowest BCUT2D eigenvalue weighted by Gasteiger charge is -2.15. The summed E-state index contributed by atoms with van der Waals surface area (Å²) >= 11 is 5.94. The van der Waals surface area contributed by atoms with Gasteiger partial charge in [0.2, 0.25) is 0 Å². The SMILES string of the molecule is COCCCNC(CCl)Cc1ccccc1. The average Bonchev–Trinajstić information content (AvgIpc) is 2.34. The minimum atomic E-state index is 0.348. The van der Waals surface area contributed by atoms with E-state index in [1.54, 1.807) is 7.11 Å². The Labute approximate surface area is 103 Å². The van der Waals surface area contributed by atoms with Gasteiger partial charge in [0.25, 0.3) is 0 Å². The molecular weight excluding hydrogens is 222 g/mol. The molecule has 1 unspecified atom stereocenters. The van der Waals surface area contributed by atoms with E-state index < -0.39 is 0 Å². The van der Waals surface area contributed by atoms with Gasteiger partial charge < -0.3 is 10.1 Å². The van der Waals surface area contributed by atoms with Crippen molar-refractivity contribution < 1.29 is 4.74 Å². The average molecular weight is 242 g/mol. The third-order valence-electron chi connectivity index (χ3n) is 2.47. The summed E-state index contributed by atoms with van der Waals surface area (Å²) in [6.45, 7) is 1.76. The van der Waals surface area contributed by atoms with Crippen LogP contribution in [-0.2, 0) is 11.2 Å². The maximum absolute atomic E-state index is 5.94. The van der Waals surface area contributed by atoms with Gasteiger partial charge in [-0.1, -0.05) is 30.3 Å². The fourth-order valence-corrected chi connectivity index (χ4v) is 1.82. The van der Waals surface area contributed by atoms with Crippen LogP contribution in [0.2, 0.25) is 0 Å². The van der Waals surface area contributed by atoms with Crippen LogP contribution in [0.25, 0.3) is 0 Å². The van der Waals surface area contributed by atoms with E-state index in [9.17, 15) is 0 Å². The van der Waals surface area contributed by atoms with Gasteiger partial charge in [-0.05, 0) is 24.9 Å². The van der Waals surface area contributed by atoms with Gasteiger partial charge >= 0.3 is 0 Å². The quantitative estimate of drug-likeness (QED) is 0.558. The number of halogens is 1. The van der Waals surface area contributed by atoms with Gasteiger partial charge in [0, 0.05) is 25.6 Å². The lowest BCUT2D eigenvalue weighted by atomic mass is 10.1. The Kier molecular flexibility index (Phi) is 7.23. The molecule has 1 rings (SSSR count). The molecule has 0 aliphatic heterocycles. The second-order valence-electron chi connectivity index (χ2n) is 3.84. The van der Waals surface area contributed by atoms with Crippen molar-refractivity contribution in [2.75, 3.05) is 26.1 Å². The zero-order chi connectivity index (χ0) is 11.6. The molecule has 0 heterocycles. The van der Waals surface area contributed by atoms with Gasteiger partial charge in [0.05, 0.1) is 0 Å².